The van der Waals surface area contributed by atoms with E-state index in [1.54, 1.807) is 6.92 Å². The molecule has 3 saturated carbocycles. The zero-order chi connectivity index (χ0) is 23.0. The van der Waals surface area contributed by atoms with Crippen LogP contribution in [0, 0.1) is 22.7 Å². The summed E-state index contributed by atoms with van der Waals surface area (Å²) in [7, 11) is 0. The second-order valence-electron chi connectivity index (χ2n) is 10.9. The molecule has 0 bridgehead atoms. The first-order valence-electron chi connectivity index (χ1n) is 11.6. The van der Waals surface area contributed by atoms with Crippen molar-refractivity contribution in [3.05, 3.63) is 11.6 Å². The van der Waals surface area contributed by atoms with Gasteiger partial charge in [-0.3, -0.25) is 4.79 Å². The first kappa shape index (κ1) is 23.7. The maximum atomic E-state index is 17.1. The van der Waals surface area contributed by atoms with E-state index in [1.807, 2.05) is 20.1 Å². The molecule has 4 nitrogen and oxygen atoms in total. The molecule has 0 aromatic rings. The Labute approximate surface area is 187 Å². The summed E-state index contributed by atoms with van der Waals surface area (Å²) in [6, 6.07) is 0. The first-order valence-corrected chi connectivity index (χ1v) is 12.8. The SMILES string of the molecule is CCCC(O)(O)C1(SC)CC[C@H]2[C@@H]3CC(F)C4=CC(=O)CC[C@]4(C)[C@@]3(F)C(O)C[C@@]21C. The summed E-state index contributed by atoms with van der Waals surface area (Å²) in [4.78, 5) is 12.0. The molecule has 3 N–H and O–H groups in total. The van der Waals surface area contributed by atoms with Gasteiger partial charge in [-0.25, -0.2) is 8.78 Å². The maximum Gasteiger partial charge on any atom is 0.178 e. The number of thioether (sulfide) groups is 1. The normalized spacial score (nSPS) is 49.8. The highest BCUT2D eigenvalue weighted by Gasteiger charge is 2.76. The molecule has 0 amide bonds. The highest BCUT2D eigenvalue weighted by atomic mass is 32.2. The average Bonchev–Trinajstić information content (AvgIpc) is 2.99. The highest BCUT2D eigenvalue weighted by Crippen LogP contribution is 2.73. The van der Waals surface area contributed by atoms with Crippen LogP contribution in [0.1, 0.15) is 72.1 Å². The van der Waals surface area contributed by atoms with Gasteiger partial charge in [-0.15, -0.1) is 0 Å². The van der Waals surface area contributed by atoms with Crippen molar-refractivity contribution in [2.45, 2.75) is 101 Å². The monoisotopic (exact) mass is 458 g/mol. The number of carbonyl (C=O) groups is 1. The first-order chi connectivity index (χ1) is 14.3. The molecule has 0 saturated heterocycles. The minimum Gasteiger partial charge on any atom is -0.390 e. The molecule has 8 atom stereocenters. The van der Waals surface area contributed by atoms with Crippen molar-refractivity contribution in [3.8, 4) is 0 Å². The van der Waals surface area contributed by atoms with E-state index >= 15 is 8.78 Å². The van der Waals surface area contributed by atoms with Crippen LogP contribution < -0.4 is 0 Å². The number of ketones is 1. The topological polar surface area (TPSA) is 77.8 Å². The van der Waals surface area contributed by atoms with Gasteiger partial charge in [0.25, 0.3) is 0 Å². The fourth-order valence-corrected chi connectivity index (χ4v) is 9.71. The Bertz CT molecular complexity index is 802. The third-order valence-electron chi connectivity index (χ3n) is 9.74. The Morgan fingerprint density at radius 1 is 1.26 bits per heavy atom. The van der Waals surface area contributed by atoms with Crippen LogP contribution in [0.3, 0.4) is 0 Å². The molecule has 3 fully saturated rings. The lowest BCUT2D eigenvalue weighted by molar-refractivity contribution is -0.249. The molecule has 0 radical (unpaired) electrons. The highest BCUT2D eigenvalue weighted by molar-refractivity contribution is 8.00. The summed E-state index contributed by atoms with van der Waals surface area (Å²) in [5.41, 5.74) is -3.83. The van der Waals surface area contributed by atoms with Crippen molar-refractivity contribution in [1.29, 1.82) is 0 Å². The lowest BCUT2D eigenvalue weighted by Gasteiger charge is -2.65. The molecule has 31 heavy (non-hydrogen) atoms. The van der Waals surface area contributed by atoms with E-state index < -0.39 is 45.2 Å². The number of alkyl halides is 2. The molecule has 0 aromatic carbocycles. The second kappa shape index (κ2) is 7.25. The molecule has 4 aliphatic carbocycles. The Morgan fingerprint density at radius 3 is 2.55 bits per heavy atom. The lowest BCUT2D eigenvalue weighted by atomic mass is 9.43. The van der Waals surface area contributed by atoms with Gasteiger partial charge in [0.1, 0.15) is 11.8 Å². The standard InChI is InChI=1S/C24H36F2O4S/c1-5-8-23(29,30)22(31-4)10-7-15-16-12-18(25)17-11-14(27)6-9-20(17,2)24(16,26)19(28)13-21(15,22)3/h11,15-16,18-19,28-30H,5-10,12-13H2,1-4H3/t15-,16-,18?,19?,20-,21-,22?,24-/m0/s1. The molecule has 0 heterocycles. The van der Waals surface area contributed by atoms with Gasteiger partial charge in [0.05, 0.1) is 10.9 Å². The van der Waals surface area contributed by atoms with Crippen molar-refractivity contribution in [1.82, 2.24) is 0 Å². The number of allylic oxidation sites excluding steroid dienone is 1. The minimum atomic E-state index is -2.04. The van der Waals surface area contributed by atoms with E-state index in [-0.39, 0.29) is 49.4 Å². The van der Waals surface area contributed by atoms with Gasteiger partial charge < -0.3 is 15.3 Å². The number of aliphatic hydroxyl groups is 3. The lowest BCUT2D eigenvalue weighted by Crippen LogP contribution is -2.71. The van der Waals surface area contributed by atoms with Crippen molar-refractivity contribution in [3.63, 3.8) is 0 Å². The molecule has 3 unspecified atom stereocenters. The maximum absolute atomic E-state index is 17.1. The Kier molecular flexibility index (Phi) is 5.53. The summed E-state index contributed by atoms with van der Waals surface area (Å²) in [6.45, 7) is 5.50. The van der Waals surface area contributed by atoms with Crippen molar-refractivity contribution in [2.24, 2.45) is 22.7 Å². The summed E-state index contributed by atoms with van der Waals surface area (Å²) in [6.07, 6.45) is 2.52. The van der Waals surface area contributed by atoms with Gasteiger partial charge in [0.2, 0.25) is 0 Å². The van der Waals surface area contributed by atoms with Crippen LogP contribution >= 0.6 is 11.8 Å². The van der Waals surface area contributed by atoms with Crippen molar-refractivity contribution in [2.75, 3.05) is 6.26 Å². The minimum absolute atomic E-state index is 0.0788. The summed E-state index contributed by atoms with van der Waals surface area (Å²) in [5.74, 6) is -3.16. The fraction of sp³-hybridized carbons (Fsp3) is 0.875. The average molecular weight is 459 g/mol. The van der Waals surface area contributed by atoms with Gasteiger partial charge in [-0.05, 0) is 61.3 Å². The Morgan fingerprint density at radius 2 is 1.94 bits per heavy atom. The molecule has 0 aliphatic heterocycles. The quantitative estimate of drug-likeness (QED) is 0.553. The van der Waals surface area contributed by atoms with Crippen LogP contribution in [0.2, 0.25) is 0 Å². The third kappa shape index (κ3) is 2.72. The molecular weight excluding hydrogens is 422 g/mol. The Hall–Kier alpha value is -0.500. The van der Waals surface area contributed by atoms with Crippen LogP contribution in [0.4, 0.5) is 8.78 Å². The smallest absolute Gasteiger partial charge is 0.178 e. The van der Waals surface area contributed by atoms with Crippen LogP contribution in [0.15, 0.2) is 11.6 Å². The van der Waals surface area contributed by atoms with E-state index in [0.29, 0.717) is 19.3 Å². The third-order valence-corrected chi connectivity index (χ3v) is 11.4. The molecule has 176 valence electrons. The predicted octanol–water partition coefficient (Wildman–Crippen LogP) is 4.11. The largest absolute Gasteiger partial charge is 0.390 e. The number of carbonyl (C=O) groups excluding carboxylic acids is 1. The Balaban J connectivity index is 1.83. The van der Waals surface area contributed by atoms with Crippen LogP contribution in [-0.2, 0) is 4.79 Å². The zero-order valence-corrected chi connectivity index (χ0v) is 19.8. The van der Waals surface area contributed by atoms with Crippen LogP contribution in [0.25, 0.3) is 0 Å². The number of halogens is 2. The van der Waals surface area contributed by atoms with Gasteiger partial charge in [-0.2, -0.15) is 11.8 Å². The number of hydrogen-bond acceptors (Lipinski definition) is 5. The fourth-order valence-electron chi connectivity index (χ4n) is 8.25. The molecule has 4 rings (SSSR count). The van der Waals surface area contributed by atoms with E-state index in [1.165, 1.54) is 17.8 Å². The second-order valence-corrected chi connectivity index (χ2v) is 12.0. The van der Waals surface area contributed by atoms with E-state index in [4.69, 9.17) is 0 Å². The number of aliphatic hydroxyl groups excluding tert-OH is 1. The van der Waals surface area contributed by atoms with Gasteiger partial charge in [0, 0.05) is 24.2 Å². The molecule has 0 aromatic heterocycles. The summed E-state index contributed by atoms with van der Waals surface area (Å²) in [5, 5.41) is 33.7. The molecule has 0 spiro atoms. The molecule has 7 heteroatoms. The summed E-state index contributed by atoms with van der Waals surface area (Å²) < 4.78 is 31.6. The number of hydrogen-bond donors (Lipinski definition) is 3. The van der Waals surface area contributed by atoms with E-state index in [9.17, 15) is 20.1 Å². The van der Waals surface area contributed by atoms with Crippen molar-refractivity contribution < 1.29 is 28.9 Å². The molecular formula is C24H36F2O4S. The van der Waals surface area contributed by atoms with Gasteiger partial charge in [0.15, 0.2) is 11.6 Å². The van der Waals surface area contributed by atoms with Crippen molar-refractivity contribution >= 4 is 17.5 Å². The predicted molar refractivity (Wildman–Crippen MR) is 117 cm³/mol. The van der Waals surface area contributed by atoms with Crippen LogP contribution in [0.5, 0.6) is 0 Å². The van der Waals surface area contributed by atoms with Gasteiger partial charge >= 0.3 is 0 Å². The summed E-state index contributed by atoms with van der Waals surface area (Å²) >= 11 is 1.39. The zero-order valence-electron chi connectivity index (χ0n) is 19.0. The molecule has 4 aliphatic rings. The van der Waals surface area contributed by atoms with E-state index in [0.717, 1.165) is 0 Å². The van der Waals surface area contributed by atoms with Crippen LogP contribution in [-0.4, -0.2) is 55.8 Å². The number of fused-ring (bicyclic) bond motifs is 5. The van der Waals surface area contributed by atoms with Gasteiger partial charge in [-0.1, -0.05) is 27.2 Å². The number of rotatable bonds is 4. The van der Waals surface area contributed by atoms with E-state index in [2.05, 4.69) is 0 Å².